The highest BCUT2D eigenvalue weighted by atomic mass is 19.4. The molecule has 34 heavy (non-hydrogen) atoms. The summed E-state index contributed by atoms with van der Waals surface area (Å²) in [5, 5.41) is 0. The third kappa shape index (κ3) is 4.76. The van der Waals surface area contributed by atoms with Crippen molar-refractivity contribution in [3.8, 4) is 11.5 Å². The van der Waals surface area contributed by atoms with E-state index in [-0.39, 0.29) is 11.6 Å². The molecule has 0 radical (unpaired) electrons. The largest absolute Gasteiger partial charge is 0.454 e. The normalized spacial score (nSPS) is 19.0. The van der Waals surface area contributed by atoms with E-state index in [1.807, 2.05) is 23.1 Å². The van der Waals surface area contributed by atoms with Gasteiger partial charge < -0.3 is 14.5 Å². The fourth-order valence-electron chi connectivity index (χ4n) is 5.11. The van der Waals surface area contributed by atoms with Crippen LogP contribution in [0, 0.1) is 5.92 Å². The number of hydrogen-bond acceptors (Lipinski definition) is 4. The molecule has 0 atom stereocenters. The number of rotatable bonds is 2. The van der Waals surface area contributed by atoms with Crippen LogP contribution in [0.25, 0.3) is 0 Å². The molecule has 5 nitrogen and oxygen atoms in total. The zero-order valence-corrected chi connectivity index (χ0v) is 19.0. The lowest BCUT2D eigenvalue weighted by Gasteiger charge is -2.25. The first-order valence-electron chi connectivity index (χ1n) is 12.0. The standard InChI is InChI=1S/C26H28F3N3O2/c27-26(28,29)19-10-11-23-21(17-19)30-25(20-8-3-4-9-22(20)34-23)32-13-5-12-31(14-15-32)24(33)16-18-6-1-2-7-18/h3-4,8-11,17-18H,1-2,5-7,12-16H2. The minimum absolute atomic E-state index is 0.152. The van der Waals surface area contributed by atoms with Gasteiger partial charge in [-0.15, -0.1) is 0 Å². The molecule has 2 aliphatic heterocycles. The molecule has 1 saturated carbocycles. The Morgan fingerprint density at radius 2 is 1.76 bits per heavy atom. The maximum atomic E-state index is 13.4. The Morgan fingerprint density at radius 3 is 2.56 bits per heavy atom. The minimum Gasteiger partial charge on any atom is -0.454 e. The molecular formula is C26H28F3N3O2. The van der Waals surface area contributed by atoms with Crippen LogP contribution >= 0.6 is 0 Å². The van der Waals surface area contributed by atoms with Crippen LogP contribution in [0.15, 0.2) is 47.5 Å². The maximum Gasteiger partial charge on any atom is 0.416 e. The Balaban J connectivity index is 1.42. The van der Waals surface area contributed by atoms with Gasteiger partial charge in [-0.1, -0.05) is 25.0 Å². The van der Waals surface area contributed by atoms with Gasteiger partial charge in [0.25, 0.3) is 0 Å². The lowest BCUT2D eigenvalue weighted by atomic mass is 10.0. The second-order valence-electron chi connectivity index (χ2n) is 9.29. The number of nitrogens with zero attached hydrogens (tertiary/aromatic N) is 3. The Bertz CT molecular complexity index is 1090. The molecule has 0 unspecified atom stereocenters. The fraction of sp³-hybridized carbons (Fsp3) is 0.462. The molecule has 0 bridgehead atoms. The summed E-state index contributed by atoms with van der Waals surface area (Å²) in [7, 11) is 0. The molecule has 0 spiro atoms. The van der Waals surface area contributed by atoms with Gasteiger partial charge in [0.05, 0.1) is 11.1 Å². The molecule has 5 rings (SSSR count). The summed E-state index contributed by atoms with van der Waals surface area (Å²) in [6.07, 6.45) is 1.62. The van der Waals surface area contributed by atoms with Crippen LogP contribution < -0.4 is 4.74 Å². The Hall–Kier alpha value is -3.03. The maximum absolute atomic E-state index is 13.4. The Labute approximate surface area is 197 Å². The van der Waals surface area contributed by atoms with Crippen LogP contribution in [0.2, 0.25) is 0 Å². The SMILES string of the molecule is O=C(CC1CCCC1)N1CCCN(C2=Nc3cc(C(F)(F)F)ccc3Oc3ccccc32)CC1. The lowest BCUT2D eigenvalue weighted by molar-refractivity contribution is -0.137. The van der Waals surface area contributed by atoms with Crippen molar-refractivity contribution in [1.29, 1.82) is 0 Å². The highest BCUT2D eigenvalue weighted by molar-refractivity contribution is 6.03. The van der Waals surface area contributed by atoms with E-state index in [9.17, 15) is 18.0 Å². The Kier molecular flexibility index (Phi) is 6.23. The van der Waals surface area contributed by atoms with Gasteiger partial charge >= 0.3 is 6.18 Å². The number of ether oxygens (including phenoxy) is 1. The number of amides is 1. The van der Waals surface area contributed by atoms with E-state index in [0.29, 0.717) is 55.9 Å². The fourth-order valence-corrected chi connectivity index (χ4v) is 5.11. The van der Waals surface area contributed by atoms with Gasteiger partial charge in [-0.3, -0.25) is 4.79 Å². The van der Waals surface area contributed by atoms with Crippen molar-refractivity contribution < 1.29 is 22.7 Å². The predicted octanol–water partition coefficient (Wildman–Crippen LogP) is 6.00. The first-order valence-corrected chi connectivity index (χ1v) is 12.0. The molecule has 180 valence electrons. The zero-order valence-electron chi connectivity index (χ0n) is 19.0. The number of benzene rings is 2. The van der Waals surface area contributed by atoms with Gasteiger partial charge in [0.1, 0.15) is 17.3 Å². The number of alkyl halides is 3. The number of fused-ring (bicyclic) bond motifs is 2. The molecule has 0 N–H and O–H groups in total. The van der Waals surface area contributed by atoms with Gasteiger partial charge in [0.2, 0.25) is 5.91 Å². The Morgan fingerprint density at radius 1 is 0.971 bits per heavy atom. The minimum atomic E-state index is -4.47. The number of aliphatic imine (C=N–C) groups is 1. The van der Waals surface area contributed by atoms with E-state index < -0.39 is 11.7 Å². The lowest BCUT2D eigenvalue weighted by Crippen LogP contribution is -2.38. The summed E-state index contributed by atoms with van der Waals surface area (Å²) in [5.41, 5.74) is 0.126. The summed E-state index contributed by atoms with van der Waals surface area (Å²) in [6.45, 7) is 2.48. The first kappa shape index (κ1) is 22.7. The molecule has 2 aromatic rings. The molecule has 8 heteroatoms. The van der Waals surface area contributed by atoms with Crippen molar-refractivity contribution in [1.82, 2.24) is 9.80 Å². The van der Waals surface area contributed by atoms with Crippen LogP contribution in [0.3, 0.4) is 0 Å². The average Bonchev–Trinajstić information content (AvgIpc) is 3.11. The zero-order chi connectivity index (χ0) is 23.7. The number of amidine groups is 1. The van der Waals surface area contributed by atoms with E-state index in [4.69, 9.17) is 4.74 Å². The monoisotopic (exact) mass is 471 g/mol. The highest BCUT2D eigenvalue weighted by Crippen LogP contribution is 2.41. The van der Waals surface area contributed by atoms with Gasteiger partial charge in [-0.05, 0) is 55.5 Å². The quantitative estimate of drug-likeness (QED) is 0.539. The van der Waals surface area contributed by atoms with Crippen molar-refractivity contribution >= 4 is 17.4 Å². The van der Waals surface area contributed by atoms with E-state index in [1.165, 1.54) is 18.9 Å². The summed E-state index contributed by atoms with van der Waals surface area (Å²) >= 11 is 0. The number of para-hydroxylation sites is 1. The van der Waals surface area contributed by atoms with Crippen molar-refractivity contribution in [2.75, 3.05) is 26.2 Å². The predicted molar refractivity (Wildman–Crippen MR) is 124 cm³/mol. The van der Waals surface area contributed by atoms with Gasteiger partial charge in [0, 0.05) is 32.6 Å². The third-order valence-electron chi connectivity index (χ3n) is 6.95. The number of carbonyl (C=O) groups excluding carboxylic acids is 1. The van der Waals surface area contributed by atoms with Crippen LogP contribution in [0.4, 0.5) is 18.9 Å². The molecule has 0 aromatic heterocycles. The molecule has 2 heterocycles. The number of carbonyl (C=O) groups is 1. The number of halogens is 3. The summed E-state index contributed by atoms with van der Waals surface area (Å²) < 4.78 is 46.0. The molecule has 2 aromatic carbocycles. The van der Waals surface area contributed by atoms with E-state index in [2.05, 4.69) is 9.89 Å². The molecule has 1 aliphatic carbocycles. The topological polar surface area (TPSA) is 45.1 Å². The van der Waals surface area contributed by atoms with Gasteiger partial charge in [0.15, 0.2) is 5.75 Å². The molecule has 1 saturated heterocycles. The molecule has 3 aliphatic rings. The van der Waals surface area contributed by atoms with Crippen molar-refractivity contribution in [3.05, 3.63) is 53.6 Å². The van der Waals surface area contributed by atoms with Crippen molar-refractivity contribution in [2.45, 2.75) is 44.7 Å². The van der Waals surface area contributed by atoms with Crippen molar-refractivity contribution in [2.24, 2.45) is 10.9 Å². The number of hydrogen-bond donors (Lipinski definition) is 0. The van der Waals surface area contributed by atoms with E-state index >= 15 is 0 Å². The third-order valence-corrected chi connectivity index (χ3v) is 6.95. The molecular weight excluding hydrogens is 443 g/mol. The summed E-state index contributed by atoms with van der Waals surface area (Å²) in [5.74, 6) is 2.14. The van der Waals surface area contributed by atoms with Gasteiger partial charge in [-0.2, -0.15) is 13.2 Å². The molecule has 2 fully saturated rings. The first-order chi connectivity index (χ1) is 16.4. The second kappa shape index (κ2) is 9.31. The smallest absolute Gasteiger partial charge is 0.416 e. The van der Waals surface area contributed by atoms with Gasteiger partial charge in [-0.25, -0.2) is 4.99 Å². The van der Waals surface area contributed by atoms with Crippen molar-refractivity contribution in [3.63, 3.8) is 0 Å². The summed E-state index contributed by atoms with van der Waals surface area (Å²) in [4.78, 5) is 21.6. The van der Waals surface area contributed by atoms with Crippen LogP contribution in [-0.4, -0.2) is 47.7 Å². The van der Waals surface area contributed by atoms with Crippen LogP contribution in [-0.2, 0) is 11.0 Å². The molecule has 1 amide bonds. The second-order valence-corrected chi connectivity index (χ2v) is 9.29. The average molecular weight is 472 g/mol. The van der Waals surface area contributed by atoms with E-state index in [1.54, 1.807) is 6.07 Å². The highest BCUT2D eigenvalue weighted by Gasteiger charge is 2.33. The van der Waals surface area contributed by atoms with E-state index in [0.717, 1.165) is 37.0 Å². The summed E-state index contributed by atoms with van der Waals surface area (Å²) in [6, 6.07) is 10.7. The van der Waals surface area contributed by atoms with Crippen LogP contribution in [0.5, 0.6) is 11.5 Å². The van der Waals surface area contributed by atoms with Crippen LogP contribution in [0.1, 0.15) is 49.7 Å².